The summed E-state index contributed by atoms with van der Waals surface area (Å²) in [5, 5.41) is 0. The van der Waals surface area contributed by atoms with Crippen LogP contribution in [0.25, 0.3) is 0 Å². The lowest BCUT2D eigenvalue weighted by molar-refractivity contribution is -0.163. The molecule has 5 atom stereocenters. The Morgan fingerprint density at radius 3 is 2.74 bits per heavy atom. The second-order valence-corrected chi connectivity index (χ2v) is 6.31. The second-order valence-electron chi connectivity index (χ2n) is 6.31. The van der Waals surface area contributed by atoms with Crippen LogP contribution in [-0.4, -0.2) is 35.7 Å². The van der Waals surface area contributed by atoms with E-state index in [9.17, 15) is 14.4 Å². The molecular weight excluding hydrogens is 300 g/mol. The number of esters is 3. The van der Waals surface area contributed by atoms with Crippen LogP contribution in [0, 0.1) is 11.8 Å². The van der Waals surface area contributed by atoms with Crippen molar-refractivity contribution in [2.24, 2.45) is 11.8 Å². The number of carbonyl (C=O) groups excluding carboxylic acids is 3. The summed E-state index contributed by atoms with van der Waals surface area (Å²) in [5.41, 5.74) is -0.520. The van der Waals surface area contributed by atoms with Crippen LogP contribution in [0.3, 0.4) is 0 Å². The zero-order valence-corrected chi connectivity index (χ0v) is 12.6. The Hall–Kier alpha value is -2.21. The molecule has 2 bridgehead atoms. The Balaban J connectivity index is 1.58. The van der Waals surface area contributed by atoms with Crippen LogP contribution in [-0.2, 0) is 23.8 Å². The zero-order chi connectivity index (χ0) is 16.2. The Bertz CT molecular complexity index is 684. The average molecular weight is 316 g/mol. The van der Waals surface area contributed by atoms with E-state index < -0.39 is 41.4 Å². The van der Waals surface area contributed by atoms with E-state index in [2.05, 4.69) is 0 Å². The second kappa shape index (κ2) is 4.89. The van der Waals surface area contributed by atoms with Crippen LogP contribution in [0.4, 0.5) is 0 Å². The lowest BCUT2D eigenvalue weighted by Crippen LogP contribution is -2.49. The molecule has 0 aromatic heterocycles. The van der Waals surface area contributed by atoms with Crippen LogP contribution in [0.2, 0.25) is 0 Å². The van der Waals surface area contributed by atoms with E-state index in [1.54, 1.807) is 31.2 Å². The smallest absolute Gasteiger partial charge is 0.338 e. The first-order valence-corrected chi connectivity index (χ1v) is 7.72. The summed E-state index contributed by atoms with van der Waals surface area (Å²) in [6, 6.07) is 8.64. The third kappa shape index (κ3) is 1.94. The fraction of sp³-hybridized carbons (Fsp3) is 0.471. The van der Waals surface area contributed by atoms with Crippen molar-refractivity contribution in [3.05, 3.63) is 35.9 Å². The van der Waals surface area contributed by atoms with Crippen molar-refractivity contribution in [3.63, 3.8) is 0 Å². The van der Waals surface area contributed by atoms with Gasteiger partial charge in [0.1, 0.15) is 17.6 Å². The van der Waals surface area contributed by atoms with Gasteiger partial charge >= 0.3 is 17.9 Å². The molecule has 0 saturated carbocycles. The Kier molecular flexibility index (Phi) is 3.06. The lowest BCUT2D eigenvalue weighted by atomic mass is 9.70. The monoisotopic (exact) mass is 316 g/mol. The van der Waals surface area contributed by atoms with Gasteiger partial charge in [-0.3, -0.25) is 9.59 Å². The van der Waals surface area contributed by atoms with E-state index in [-0.39, 0.29) is 6.10 Å². The molecule has 3 heterocycles. The molecule has 23 heavy (non-hydrogen) atoms. The molecule has 0 spiro atoms. The summed E-state index contributed by atoms with van der Waals surface area (Å²) < 4.78 is 16.3. The van der Waals surface area contributed by atoms with Gasteiger partial charge in [-0.1, -0.05) is 18.2 Å². The van der Waals surface area contributed by atoms with Crippen molar-refractivity contribution in [3.8, 4) is 0 Å². The number of ether oxygens (including phenoxy) is 3. The van der Waals surface area contributed by atoms with Crippen LogP contribution in [0.5, 0.6) is 0 Å². The van der Waals surface area contributed by atoms with E-state index in [1.165, 1.54) is 0 Å². The molecule has 0 aliphatic carbocycles. The quantitative estimate of drug-likeness (QED) is 0.621. The first-order chi connectivity index (χ1) is 11.0. The maximum absolute atomic E-state index is 12.3. The van der Waals surface area contributed by atoms with Crippen molar-refractivity contribution >= 4 is 17.9 Å². The van der Waals surface area contributed by atoms with Crippen LogP contribution < -0.4 is 0 Å². The molecule has 1 aromatic rings. The highest BCUT2D eigenvalue weighted by Crippen LogP contribution is 2.56. The van der Waals surface area contributed by atoms with Crippen LogP contribution in [0.15, 0.2) is 30.3 Å². The van der Waals surface area contributed by atoms with Crippen molar-refractivity contribution in [1.82, 2.24) is 0 Å². The van der Waals surface area contributed by atoms with Gasteiger partial charge in [-0.05, 0) is 31.9 Å². The molecule has 6 nitrogen and oxygen atoms in total. The lowest BCUT2D eigenvalue weighted by Gasteiger charge is -2.34. The van der Waals surface area contributed by atoms with Crippen molar-refractivity contribution in [2.45, 2.75) is 37.6 Å². The van der Waals surface area contributed by atoms with E-state index >= 15 is 0 Å². The number of fused-ring (bicyclic) bond motifs is 5. The number of carbonyl (C=O) groups is 3. The maximum atomic E-state index is 12.3. The van der Waals surface area contributed by atoms with Crippen molar-refractivity contribution in [2.75, 3.05) is 0 Å². The van der Waals surface area contributed by atoms with Gasteiger partial charge in [-0.25, -0.2) is 4.79 Å². The molecule has 1 aromatic carbocycles. The molecule has 3 aliphatic heterocycles. The molecule has 0 amide bonds. The molecule has 6 heteroatoms. The molecule has 4 rings (SSSR count). The molecule has 3 saturated heterocycles. The van der Waals surface area contributed by atoms with Gasteiger partial charge in [-0.2, -0.15) is 0 Å². The van der Waals surface area contributed by atoms with Crippen molar-refractivity contribution < 1.29 is 28.6 Å². The SMILES string of the molecule is C[C@H](OC(=O)c1ccccc1)[C@@]12CC[C@@H](O1)[C@H]1C(=O)OC(=O)[C@H]12. The van der Waals surface area contributed by atoms with Gasteiger partial charge in [0.15, 0.2) is 0 Å². The minimum atomic E-state index is -0.955. The number of hydrogen-bond acceptors (Lipinski definition) is 6. The van der Waals surface area contributed by atoms with E-state index in [0.29, 0.717) is 18.4 Å². The minimum absolute atomic E-state index is 0.322. The predicted molar refractivity (Wildman–Crippen MR) is 76.2 cm³/mol. The molecule has 3 fully saturated rings. The minimum Gasteiger partial charge on any atom is -0.456 e. The summed E-state index contributed by atoms with van der Waals surface area (Å²) in [5.74, 6) is -2.79. The van der Waals surface area contributed by atoms with E-state index in [0.717, 1.165) is 0 Å². The third-order valence-corrected chi connectivity index (χ3v) is 5.19. The highest BCUT2D eigenvalue weighted by atomic mass is 16.6. The van der Waals surface area contributed by atoms with Gasteiger partial charge in [0, 0.05) is 0 Å². The fourth-order valence-electron chi connectivity index (χ4n) is 4.09. The van der Waals surface area contributed by atoms with Crippen molar-refractivity contribution in [1.29, 1.82) is 0 Å². The average Bonchev–Trinajstić information content (AvgIpc) is 3.20. The highest BCUT2D eigenvalue weighted by molar-refractivity contribution is 5.98. The van der Waals surface area contributed by atoms with Crippen LogP contribution in [0.1, 0.15) is 30.1 Å². The number of rotatable bonds is 3. The molecule has 0 unspecified atom stereocenters. The molecule has 0 radical (unpaired) electrons. The Labute approximate surface area is 132 Å². The van der Waals surface area contributed by atoms with Crippen LogP contribution >= 0.6 is 0 Å². The molecule has 0 N–H and O–H groups in total. The first kappa shape index (κ1) is 14.4. The van der Waals surface area contributed by atoms with Gasteiger partial charge < -0.3 is 14.2 Å². The number of hydrogen-bond donors (Lipinski definition) is 0. The summed E-state index contributed by atoms with van der Waals surface area (Å²) in [7, 11) is 0. The number of benzene rings is 1. The fourth-order valence-corrected chi connectivity index (χ4v) is 4.09. The first-order valence-electron chi connectivity index (χ1n) is 7.72. The normalized spacial score (nSPS) is 35.8. The van der Waals surface area contributed by atoms with Gasteiger partial charge in [0.25, 0.3) is 0 Å². The summed E-state index contributed by atoms with van der Waals surface area (Å²) >= 11 is 0. The summed E-state index contributed by atoms with van der Waals surface area (Å²) in [6.07, 6.45) is 0.270. The summed E-state index contributed by atoms with van der Waals surface area (Å²) in [4.78, 5) is 36.2. The topological polar surface area (TPSA) is 78.9 Å². The summed E-state index contributed by atoms with van der Waals surface area (Å²) in [6.45, 7) is 1.71. The molecule has 120 valence electrons. The zero-order valence-electron chi connectivity index (χ0n) is 12.6. The van der Waals surface area contributed by atoms with Gasteiger partial charge in [0.05, 0.1) is 17.6 Å². The Morgan fingerprint density at radius 1 is 1.26 bits per heavy atom. The standard InChI is InChI=1S/C17H16O6/c1-9(21-14(18)10-5-3-2-4-6-10)17-8-7-11(23-17)12-13(17)16(20)22-15(12)19/h2-6,9,11-13H,7-8H2,1H3/t9-,11+,12+,13-,17+/m0/s1. The largest absolute Gasteiger partial charge is 0.456 e. The number of cyclic esters (lactones) is 2. The Morgan fingerprint density at radius 2 is 2.00 bits per heavy atom. The molecular formula is C17H16O6. The van der Waals surface area contributed by atoms with E-state index in [4.69, 9.17) is 14.2 Å². The van der Waals surface area contributed by atoms with Gasteiger partial charge in [-0.15, -0.1) is 0 Å². The van der Waals surface area contributed by atoms with E-state index in [1.807, 2.05) is 6.07 Å². The maximum Gasteiger partial charge on any atom is 0.338 e. The molecule has 3 aliphatic rings. The van der Waals surface area contributed by atoms with Gasteiger partial charge in [0.2, 0.25) is 0 Å². The highest BCUT2D eigenvalue weighted by Gasteiger charge is 2.71. The predicted octanol–water partition coefficient (Wildman–Crippen LogP) is 1.48. The third-order valence-electron chi connectivity index (χ3n) is 5.19.